The summed E-state index contributed by atoms with van der Waals surface area (Å²) >= 11 is 11.4. The lowest BCUT2D eigenvalue weighted by Gasteiger charge is -2.13. The number of rotatable bonds is 3. The fourth-order valence-electron chi connectivity index (χ4n) is 0.371. The highest BCUT2D eigenvalue weighted by Crippen LogP contribution is 2.18. The zero-order valence-electron chi connectivity index (χ0n) is 12.4. The zero-order valence-corrected chi connectivity index (χ0v) is 16.4. The molecule has 0 aromatic rings. The summed E-state index contributed by atoms with van der Waals surface area (Å²) in [5.74, 6) is 0.0324. The van der Waals surface area contributed by atoms with E-state index in [9.17, 15) is 9.59 Å². The standard InChI is InChI=1S/C6H12BrNO.C4H6BrClO.C2H7N/c1-4-8-5(9)6(2,3)7;1-4(2,5)3(6)7;1-2-3/h4H2,1-3H3,(H,8,9);1-2H3;2-3H2,1H3. The Hall–Kier alpha value is 0.350. The molecule has 0 radical (unpaired) electrons. The van der Waals surface area contributed by atoms with Gasteiger partial charge in [-0.25, -0.2) is 0 Å². The lowest BCUT2D eigenvalue weighted by atomic mass is 10.2. The van der Waals surface area contributed by atoms with Gasteiger partial charge in [-0.1, -0.05) is 38.8 Å². The first-order valence-electron chi connectivity index (χ1n) is 5.90. The second-order valence-corrected chi connectivity index (χ2v) is 8.79. The van der Waals surface area contributed by atoms with Gasteiger partial charge in [0.1, 0.15) is 0 Å². The van der Waals surface area contributed by atoms with Gasteiger partial charge in [0, 0.05) is 6.54 Å². The third-order valence-electron chi connectivity index (χ3n) is 1.34. The van der Waals surface area contributed by atoms with E-state index in [0.29, 0.717) is 6.54 Å². The molecule has 0 rings (SSSR count). The number of nitrogens with one attached hydrogen (secondary N) is 1. The van der Waals surface area contributed by atoms with Crippen LogP contribution in [0.3, 0.4) is 0 Å². The highest BCUT2D eigenvalue weighted by molar-refractivity contribution is 9.10. The molecule has 0 aliphatic rings. The van der Waals surface area contributed by atoms with Crippen molar-refractivity contribution in [1.82, 2.24) is 5.32 Å². The molecular formula is C12H25Br2ClN2O2. The number of alkyl halides is 2. The quantitative estimate of drug-likeness (QED) is 0.540. The third kappa shape index (κ3) is 20.8. The average molecular weight is 425 g/mol. The summed E-state index contributed by atoms with van der Waals surface area (Å²) in [5.41, 5.74) is 4.85. The fourth-order valence-corrected chi connectivity index (χ4v) is 0.511. The van der Waals surface area contributed by atoms with E-state index in [1.807, 2.05) is 27.7 Å². The fraction of sp³-hybridized carbons (Fsp3) is 0.833. The van der Waals surface area contributed by atoms with Crippen LogP contribution in [0.25, 0.3) is 0 Å². The van der Waals surface area contributed by atoms with Crippen molar-refractivity contribution in [2.45, 2.75) is 50.2 Å². The van der Waals surface area contributed by atoms with E-state index in [4.69, 9.17) is 17.3 Å². The van der Waals surface area contributed by atoms with E-state index in [0.717, 1.165) is 6.54 Å². The molecule has 0 aliphatic heterocycles. The topological polar surface area (TPSA) is 72.2 Å². The van der Waals surface area contributed by atoms with Gasteiger partial charge in [0.25, 0.3) is 0 Å². The van der Waals surface area contributed by atoms with Gasteiger partial charge >= 0.3 is 0 Å². The summed E-state index contributed by atoms with van der Waals surface area (Å²) in [6, 6.07) is 0. The van der Waals surface area contributed by atoms with E-state index in [2.05, 4.69) is 37.2 Å². The van der Waals surface area contributed by atoms with Crippen molar-refractivity contribution >= 4 is 54.6 Å². The van der Waals surface area contributed by atoms with Gasteiger partial charge in [0.05, 0.1) is 8.65 Å². The molecule has 0 spiro atoms. The molecule has 1 amide bonds. The average Bonchev–Trinajstić information content (AvgIpc) is 2.17. The molecule has 0 fully saturated rings. The number of amides is 1. The predicted octanol–water partition coefficient (Wildman–Crippen LogP) is 3.19. The number of carbonyl (C=O) groups is 2. The highest BCUT2D eigenvalue weighted by atomic mass is 79.9. The maximum atomic E-state index is 10.9. The van der Waals surface area contributed by atoms with Crippen LogP contribution in [0.2, 0.25) is 0 Å². The Morgan fingerprint density at radius 1 is 1.11 bits per heavy atom. The minimum absolute atomic E-state index is 0.0324. The Morgan fingerprint density at radius 2 is 1.37 bits per heavy atom. The van der Waals surface area contributed by atoms with Gasteiger partial charge in [0.2, 0.25) is 11.1 Å². The smallest absolute Gasteiger partial charge is 0.237 e. The second-order valence-electron chi connectivity index (χ2n) is 4.49. The van der Waals surface area contributed by atoms with Crippen molar-refractivity contribution in [3.05, 3.63) is 0 Å². The molecule has 0 heterocycles. The molecule has 0 saturated carbocycles. The van der Waals surface area contributed by atoms with E-state index < -0.39 is 8.65 Å². The summed E-state index contributed by atoms with van der Waals surface area (Å²) in [6.45, 7) is 12.3. The number of nitrogens with two attached hydrogens (primary N) is 1. The largest absolute Gasteiger partial charge is 0.355 e. The molecule has 0 aliphatic carbocycles. The van der Waals surface area contributed by atoms with Gasteiger partial charge in [-0.05, 0) is 52.8 Å². The van der Waals surface area contributed by atoms with Crippen LogP contribution in [0.5, 0.6) is 0 Å². The van der Waals surface area contributed by atoms with Crippen LogP contribution in [0.15, 0.2) is 0 Å². The minimum atomic E-state index is -0.561. The Morgan fingerprint density at radius 3 is 1.42 bits per heavy atom. The van der Waals surface area contributed by atoms with Crippen LogP contribution < -0.4 is 11.1 Å². The molecule has 0 aromatic heterocycles. The minimum Gasteiger partial charge on any atom is -0.355 e. The van der Waals surface area contributed by atoms with E-state index in [-0.39, 0.29) is 11.1 Å². The lowest BCUT2D eigenvalue weighted by molar-refractivity contribution is -0.122. The first-order chi connectivity index (χ1) is 8.34. The number of halogens is 3. The molecule has 0 aromatic carbocycles. The predicted molar refractivity (Wildman–Crippen MR) is 90.3 cm³/mol. The summed E-state index contributed by atoms with van der Waals surface area (Å²) in [7, 11) is 0. The molecule has 0 atom stereocenters. The second kappa shape index (κ2) is 12.1. The molecule has 0 unspecified atom stereocenters. The monoisotopic (exact) mass is 422 g/mol. The molecular weight excluding hydrogens is 399 g/mol. The number of carbonyl (C=O) groups excluding carboxylic acids is 2. The van der Waals surface area contributed by atoms with Gasteiger partial charge < -0.3 is 11.1 Å². The van der Waals surface area contributed by atoms with Crippen molar-refractivity contribution in [2.24, 2.45) is 5.73 Å². The van der Waals surface area contributed by atoms with Crippen molar-refractivity contribution in [3.8, 4) is 0 Å². The summed E-state index contributed by atoms with van der Waals surface area (Å²) in [6.07, 6.45) is 0. The first-order valence-corrected chi connectivity index (χ1v) is 7.87. The van der Waals surface area contributed by atoms with Gasteiger partial charge in [-0.15, -0.1) is 0 Å². The number of hydrogen-bond donors (Lipinski definition) is 2. The van der Waals surface area contributed by atoms with Gasteiger partial charge in [-0.3, -0.25) is 9.59 Å². The van der Waals surface area contributed by atoms with Crippen LogP contribution in [-0.4, -0.2) is 32.9 Å². The van der Waals surface area contributed by atoms with Crippen molar-refractivity contribution < 1.29 is 9.59 Å². The van der Waals surface area contributed by atoms with Crippen LogP contribution in [0.4, 0.5) is 0 Å². The van der Waals surface area contributed by atoms with Crippen molar-refractivity contribution in [3.63, 3.8) is 0 Å². The summed E-state index contributed by atoms with van der Waals surface area (Å²) in [4.78, 5) is 21.1. The van der Waals surface area contributed by atoms with Crippen molar-refractivity contribution in [1.29, 1.82) is 0 Å². The molecule has 116 valence electrons. The normalized spacial score (nSPS) is 10.4. The maximum absolute atomic E-state index is 10.9. The van der Waals surface area contributed by atoms with Crippen molar-refractivity contribution in [2.75, 3.05) is 13.1 Å². The Balaban J connectivity index is -0.000000228. The first kappa shape index (κ1) is 24.4. The maximum Gasteiger partial charge on any atom is 0.237 e. The summed E-state index contributed by atoms with van der Waals surface area (Å²) < 4.78 is -0.989. The number of hydrogen-bond acceptors (Lipinski definition) is 3. The molecule has 19 heavy (non-hydrogen) atoms. The zero-order chi connectivity index (χ0) is 16.3. The van der Waals surface area contributed by atoms with Crippen LogP contribution in [0.1, 0.15) is 41.5 Å². The van der Waals surface area contributed by atoms with Gasteiger partial charge in [-0.2, -0.15) is 0 Å². The van der Waals surface area contributed by atoms with Crippen LogP contribution >= 0.6 is 43.5 Å². The molecule has 0 saturated heterocycles. The third-order valence-corrected chi connectivity index (χ3v) is 2.77. The molecule has 7 heteroatoms. The Bertz CT molecular complexity index is 261. The van der Waals surface area contributed by atoms with E-state index in [1.165, 1.54) is 0 Å². The summed E-state index contributed by atoms with van der Waals surface area (Å²) in [5, 5.41) is 2.33. The molecule has 4 nitrogen and oxygen atoms in total. The molecule has 0 bridgehead atoms. The highest BCUT2D eigenvalue weighted by Gasteiger charge is 2.22. The van der Waals surface area contributed by atoms with Crippen LogP contribution in [-0.2, 0) is 9.59 Å². The SMILES string of the molecule is CC(C)(Br)C(=O)Cl.CCN.CCNC(=O)C(C)(C)Br. The van der Waals surface area contributed by atoms with E-state index in [1.54, 1.807) is 13.8 Å². The molecule has 3 N–H and O–H groups in total. The Kier molecular flexibility index (Phi) is 15.5. The van der Waals surface area contributed by atoms with Gasteiger partial charge in [0.15, 0.2) is 0 Å². The lowest BCUT2D eigenvalue weighted by Crippen LogP contribution is -2.37. The van der Waals surface area contributed by atoms with Crippen LogP contribution in [0, 0.1) is 0 Å². The van der Waals surface area contributed by atoms with E-state index >= 15 is 0 Å². The Labute approximate surface area is 138 Å².